The molecule has 4 nitrogen and oxygen atoms in total. The number of amidine groups is 1. The van der Waals surface area contributed by atoms with Gasteiger partial charge in [0.2, 0.25) is 0 Å². The molecule has 2 rings (SSSR count). The minimum absolute atomic E-state index is 0.0259. The summed E-state index contributed by atoms with van der Waals surface area (Å²) in [5.74, 6) is 0.333. The summed E-state index contributed by atoms with van der Waals surface area (Å²) in [7, 11) is 1.55. The summed E-state index contributed by atoms with van der Waals surface area (Å²) in [6.07, 6.45) is -3.84. The van der Waals surface area contributed by atoms with Crippen LogP contribution in [-0.2, 0) is 19.0 Å². The molecule has 0 aliphatic rings. The number of methoxy groups -OCH3 is 1. The number of alkyl halides is 3. The first kappa shape index (κ1) is 17.7. The molecule has 7 heteroatoms. The standard InChI is InChI=1S/C17H17F3N2O2/c1-24-14-8-3-11(4-9-14)2-5-12-6-7-13(16(21)22-23)10-15(12)17(18,19)20/h3-4,6-10,23H,2,5H2,1H3,(H2,21,22). The van der Waals surface area contributed by atoms with E-state index in [1.165, 1.54) is 12.1 Å². The average molecular weight is 338 g/mol. The van der Waals surface area contributed by atoms with Crippen LogP contribution in [0.1, 0.15) is 22.3 Å². The van der Waals surface area contributed by atoms with Crippen LogP contribution in [0.4, 0.5) is 13.2 Å². The number of rotatable bonds is 5. The second-order valence-corrected chi connectivity index (χ2v) is 5.20. The van der Waals surface area contributed by atoms with E-state index >= 15 is 0 Å². The minimum Gasteiger partial charge on any atom is -0.497 e. The van der Waals surface area contributed by atoms with E-state index in [1.54, 1.807) is 19.2 Å². The highest BCUT2D eigenvalue weighted by molar-refractivity contribution is 5.97. The van der Waals surface area contributed by atoms with Gasteiger partial charge in [-0.05, 0) is 42.2 Å². The third-order valence-corrected chi connectivity index (χ3v) is 3.66. The number of aryl methyl sites for hydroxylation is 2. The third kappa shape index (κ3) is 4.18. The number of hydrogen-bond acceptors (Lipinski definition) is 3. The van der Waals surface area contributed by atoms with Crippen molar-refractivity contribution in [3.63, 3.8) is 0 Å². The third-order valence-electron chi connectivity index (χ3n) is 3.66. The molecule has 0 amide bonds. The quantitative estimate of drug-likeness (QED) is 0.379. The first-order chi connectivity index (χ1) is 11.3. The van der Waals surface area contributed by atoms with Gasteiger partial charge in [-0.2, -0.15) is 13.2 Å². The number of nitrogens with zero attached hydrogens (tertiary/aromatic N) is 1. The molecule has 128 valence electrons. The van der Waals surface area contributed by atoms with Crippen LogP contribution in [0.3, 0.4) is 0 Å². The Hall–Kier alpha value is -2.70. The van der Waals surface area contributed by atoms with Gasteiger partial charge in [-0.3, -0.25) is 0 Å². The van der Waals surface area contributed by atoms with Gasteiger partial charge in [0.15, 0.2) is 5.84 Å². The van der Waals surface area contributed by atoms with Crippen molar-refractivity contribution in [3.05, 3.63) is 64.7 Å². The van der Waals surface area contributed by atoms with E-state index in [4.69, 9.17) is 15.7 Å². The van der Waals surface area contributed by atoms with E-state index in [0.717, 1.165) is 11.6 Å². The fourth-order valence-corrected chi connectivity index (χ4v) is 2.35. The zero-order valence-electron chi connectivity index (χ0n) is 13.0. The molecule has 0 heterocycles. The Balaban J connectivity index is 2.25. The maximum absolute atomic E-state index is 13.3. The summed E-state index contributed by atoms with van der Waals surface area (Å²) in [6.45, 7) is 0. The molecule has 0 aliphatic carbocycles. The molecule has 0 saturated carbocycles. The van der Waals surface area contributed by atoms with Gasteiger partial charge in [-0.1, -0.05) is 29.4 Å². The normalized spacial score (nSPS) is 12.2. The summed E-state index contributed by atoms with van der Waals surface area (Å²) in [5, 5.41) is 11.4. The largest absolute Gasteiger partial charge is 0.497 e. The van der Waals surface area contributed by atoms with Crippen LogP contribution in [0.5, 0.6) is 5.75 Å². The van der Waals surface area contributed by atoms with Gasteiger partial charge in [-0.25, -0.2) is 0 Å². The van der Waals surface area contributed by atoms with Crippen molar-refractivity contribution in [1.29, 1.82) is 0 Å². The second kappa shape index (κ2) is 7.25. The number of oxime groups is 1. The molecule has 0 saturated heterocycles. The lowest BCUT2D eigenvalue weighted by Gasteiger charge is -2.14. The number of halogens is 3. The van der Waals surface area contributed by atoms with Gasteiger partial charge in [0.25, 0.3) is 0 Å². The topological polar surface area (TPSA) is 67.8 Å². The summed E-state index contributed by atoms with van der Waals surface area (Å²) in [5.41, 5.74) is 5.68. The van der Waals surface area contributed by atoms with Crippen molar-refractivity contribution >= 4 is 5.84 Å². The predicted molar refractivity (Wildman–Crippen MR) is 84.4 cm³/mol. The second-order valence-electron chi connectivity index (χ2n) is 5.20. The van der Waals surface area contributed by atoms with Crippen molar-refractivity contribution in [3.8, 4) is 5.75 Å². The Morgan fingerprint density at radius 3 is 2.33 bits per heavy atom. The highest BCUT2D eigenvalue weighted by Crippen LogP contribution is 2.33. The maximum Gasteiger partial charge on any atom is 0.416 e. The monoisotopic (exact) mass is 338 g/mol. The Labute approximate surface area is 137 Å². The summed E-state index contributed by atoms with van der Waals surface area (Å²) in [6, 6.07) is 10.8. The fraction of sp³-hybridized carbons (Fsp3) is 0.235. The molecule has 0 radical (unpaired) electrons. The van der Waals surface area contributed by atoms with Crippen molar-refractivity contribution in [2.45, 2.75) is 19.0 Å². The minimum atomic E-state index is -4.51. The summed E-state index contributed by atoms with van der Waals surface area (Å²) in [4.78, 5) is 0. The fourth-order valence-electron chi connectivity index (χ4n) is 2.35. The Morgan fingerprint density at radius 2 is 1.79 bits per heavy atom. The zero-order valence-corrected chi connectivity index (χ0v) is 13.0. The zero-order chi connectivity index (χ0) is 17.7. The van der Waals surface area contributed by atoms with E-state index < -0.39 is 11.7 Å². The Bertz CT molecular complexity index is 726. The number of ether oxygens (including phenoxy) is 1. The van der Waals surface area contributed by atoms with E-state index in [0.29, 0.717) is 12.2 Å². The molecule has 0 fully saturated rings. The van der Waals surface area contributed by atoms with Crippen LogP contribution < -0.4 is 10.5 Å². The predicted octanol–water partition coefficient (Wildman–Crippen LogP) is 3.59. The van der Waals surface area contributed by atoms with Crippen LogP contribution in [0.15, 0.2) is 47.6 Å². The lowest BCUT2D eigenvalue weighted by Crippen LogP contribution is -2.16. The first-order valence-electron chi connectivity index (χ1n) is 7.16. The molecule has 2 aromatic carbocycles. The number of nitrogens with two attached hydrogens (primary N) is 1. The summed E-state index contributed by atoms with van der Waals surface area (Å²) < 4.78 is 44.8. The lowest BCUT2D eigenvalue weighted by atomic mass is 9.97. The van der Waals surface area contributed by atoms with E-state index in [2.05, 4.69) is 5.16 Å². The van der Waals surface area contributed by atoms with Crippen LogP contribution in [0, 0.1) is 0 Å². The van der Waals surface area contributed by atoms with Crippen molar-refractivity contribution in [2.75, 3.05) is 7.11 Å². The van der Waals surface area contributed by atoms with Gasteiger partial charge in [0, 0.05) is 5.56 Å². The molecular formula is C17H17F3N2O2. The molecule has 0 unspecified atom stereocenters. The maximum atomic E-state index is 13.3. The van der Waals surface area contributed by atoms with Crippen molar-refractivity contribution in [2.24, 2.45) is 10.9 Å². The number of hydrogen-bond donors (Lipinski definition) is 2. The van der Waals surface area contributed by atoms with Crippen LogP contribution in [-0.4, -0.2) is 18.2 Å². The van der Waals surface area contributed by atoms with E-state index in [-0.39, 0.29) is 23.4 Å². The molecule has 3 N–H and O–H groups in total. The first-order valence-corrected chi connectivity index (χ1v) is 7.16. The van der Waals surface area contributed by atoms with Crippen LogP contribution in [0.2, 0.25) is 0 Å². The van der Waals surface area contributed by atoms with Crippen molar-refractivity contribution < 1.29 is 23.1 Å². The van der Waals surface area contributed by atoms with Crippen LogP contribution in [0.25, 0.3) is 0 Å². The van der Waals surface area contributed by atoms with Gasteiger partial charge in [0.1, 0.15) is 5.75 Å². The van der Waals surface area contributed by atoms with E-state index in [1.807, 2.05) is 12.1 Å². The molecule has 0 aliphatic heterocycles. The molecule has 0 aromatic heterocycles. The van der Waals surface area contributed by atoms with Crippen molar-refractivity contribution in [1.82, 2.24) is 0 Å². The van der Waals surface area contributed by atoms with Gasteiger partial charge in [-0.15, -0.1) is 0 Å². The smallest absolute Gasteiger partial charge is 0.416 e. The molecule has 24 heavy (non-hydrogen) atoms. The molecule has 0 spiro atoms. The van der Waals surface area contributed by atoms with Gasteiger partial charge in [0.05, 0.1) is 12.7 Å². The molecule has 2 aromatic rings. The molecule has 0 atom stereocenters. The van der Waals surface area contributed by atoms with Crippen LogP contribution >= 0.6 is 0 Å². The molecule has 0 bridgehead atoms. The number of benzene rings is 2. The van der Waals surface area contributed by atoms with Gasteiger partial charge < -0.3 is 15.7 Å². The SMILES string of the molecule is COc1ccc(CCc2ccc(/C(N)=N/O)cc2C(F)(F)F)cc1. The average Bonchev–Trinajstić information content (AvgIpc) is 2.58. The highest BCUT2D eigenvalue weighted by Gasteiger charge is 2.33. The summed E-state index contributed by atoms with van der Waals surface area (Å²) >= 11 is 0. The molecular weight excluding hydrogens is 321 g/mol. The van der Waals surface area contributed by atoms with Gasteiger partial charge >= 0.3 is 6.18 Å². The highest BCUT2D eigenvalue weighted by atomic mass is 19.4. The Kier molecular flexibility index (Phi) is 5.33. The van der Waals surface area contributed by atoms with E-state index in [9.17, 15) is 13.2 Å². The lowest BCUT2D eigenvalue weighted by molar-refractivity contribution is -0.138. The Morgan fingerprint density at radius 1 is 1.12 bits per heavy atom.